The molecule has 0 bridgehead atoms. The van der Waals surface area contributed by atoms with Crippen molar-refractivity contribution < 1.29 is 0 Å². The molecule has 0 radical (unpaired) electrons. The van der Waals surface area contributed by atoms with E-state index in [4.69, 9.17) is 5.73 Å². The summed E-state index contributed by atoms with van der Waals surface area (Å²) in [5, 5.41) is 0. The number of rotatable bonds is 2. The normalized spacial score (nSPS) is 19.7. The van der Waals surface area contributed by atoms with E-state index < -0.39 is 0 Å². The lowest BCUT2D eigenvalue weighted by molar-refractivity contribution is 0.360. The number of benzene rings is 1. The van der Waals surface area contributed by atoms with Gasteiger partial charge in [-0.2, -0.15) is 0 Å². The number of nitrogens with zero attached hydrogens (tertiary/aromatic N) is 2. The quantitative estimate of drug-likeness (QED) is 0.911. The second-order valence-electron chi connectivity index (χ2n) is 5.14. The molecule has 1 unspecified atom stereocenters. The van der Waals surface area contributed by atoms with Crippen LogP contribution >= 0.6 is 15.9 Å². The third kappa shape index (κ3) is 3.25. The Morgan fingerprint density at radius 2 is 2.00 bits per heavy atom. The Morgan fingerprint density at radius 1 is 1.22 bits per heavy atom. The van der Waals surface area contributed by atoms with E-state index in [-0.39, 0.29) is 6.04 Å². The summed E-state index contributed by atoms with van der Waals surface area (Å²) in [6, 6.07) is 6.56. The minimum Gasteiger partial charge on any atom is -0.369 e. The van der Waals surface area contributed by atoms with Crippen LogP contribution in [0.1, 0.15) is 24.9 Å². The number of anilines is 1. The smallest absolute Gasteiger partial charge is 0.0511 e. The zero-order chi connectivity index (χ0) is 13.1. The first-order chi connectivity index (χ1) is 8.58. The largest absolute Gasteiger partial charge is 0.369 e. The predicted molar refractivity (Wildman–Crippen MR) is 81.1 cm³/mol. The lowest BCUT2D eigenvalue weighted by Crippen LogP contribution is -2.29. The molecule has 1 atom stereocenters. The monoisotopic (exact) mass is 311 g/mol. The molecule has 0 aromatic heterocycles. The van der Waals surface area contributed by atoms with Gasteiger partial charge in [0.05, 0.1) is 5.69 Å². The van der Waals surface area contributed by atoms with E-state index in [0.29, 0.717) is 0 Å². The molecule has 0 spiro atoms. The van der Waals surface area contributed by atoms with Crippen molar-refractivity contribution in [2.75, 3.05) is 38.1 Å². The summed E-state index contributed by atoms with van der Waals surface area (Å²) in [5.74, 6) is 0. The summed E-state index contributed by atoms with van der Waals surface area (Å²) in [6.07, 6.45) is 1.22. The number of hydrogen-bond donors (Lipinski definition) is 1. The minimum atomic E-state index is 0.0885. The van der Waals surface area contributed by atoms with Gasteiger partial charge in [-0.3, -0.25) is 0 Å². The number of halogens is 1. The van der Waals surface area contributed by atoms with Crippen molar-refractivity contribution >= 4 is 21.6 Å². The minimum absolute atomic E-state index is 0.0885. The van der Waals surface area contributed by atoms with Crippen molar-refractivity contribution in [2.45, 2.75) is 19.4 Å². The van der Waals surface area contributed by atoms with Crippen molar-refractivity contribution in [2.24, 2.45) is 5.73 Å². The Morgan fingerprint density at radius 3 is 2.67 bits per heavy atom. The molecule has 4 heteroatoms. The molecule has 0 aliphatic carbocycles. The topological polar surface area (TPSA) is 32.5 Å². The molecular formula is C14H22BrN3. The summed E-state index contributed by atoms with van der Waals surface area (Å²) in [7, 11) is 2.19. The first-order valence-corrected chi connectivity index (χ1v) is 7.36. The van der Waals surface area contributed by atoms with Gasteiger partial charge in [0.15, 0.2) is 0 Å². The van der Waals surface area contributed by atoms with Crippen LogP contribution in [0.2, 0.25) is 0 Å². The number of hydrogen-bond acceptors (Lipinski definition) is 3. The Labute approximate surface area is 118 Å². The van der Waals surface area contributed by atoms with Gasteiger partial charge >= 0.3 is 0 Å². The third-order valence-electron chi connectivity index (χ3n) is 3.56. The first kappa shape index (κ1) is 13.8. The van der Waals surface area contributed by atoms with Crippen LogP contribution in [0.3, 0.4) is 0 Å². The standard InChI is InChI=1S/C14H22BrN3/c1-11(16)12-4-5-14(13(15)10-12)18-7-3-6-17(2)8-9-18/h4-5,10-11H,3,6-9,16H2,1-2H3. The summed E-state index contributed by atoms with van der Waals surface area (Å²) in [6.45, 7) is 6.54. The van der Waals surface area contributed by atoms with E-state index in [0.717, 1.165) is 24.1 Å². The highest BCUT2D eigenvalue weighted by Crippen LogP contribution is 2.29. The highest BCUT2D eigenvalue weighted by molar-refractivity contribution is 9.10. The molecule has 3 nitrogen and oxygen atoms in total. The summed E-state index contributed by atoms with van der Waals surface area (Å²) in [5.41, 5.74) is 8.38. The molecule has 18 heavy (non-hydrogen) atoms. The zero-order valence-electron chi connectivity index (χ0n) is 11.2. The SMILES string of the molecule is CC(N)c1ccc(N2CCCN(C)CC2)c(Br)c1. The molecule has 0 amide bonds. The molecule has 1 saturated heterocycles. The van der Waals surface area contributed by atoms with E-state index in [1.165, 1.54) is 24.2 Å². The molecule has 100 valence electrons. The van der Waals surface area contributed by atoms with Gasteiger partial charge in [0.2, 0.25) is 0 Å². The molecule has 1 aromatic rings. The van der Waals surface area contributed by atoms with Gasteiger partial charge in [-0.1, -0.05) is 6.07 Å². The predicted octanol–water partition coefficient (Wildman–Crippen LogP) is 2.61. The van der Waals surface area contributed by atoms with E-state index in [2.05, 4.69) is 51.0 Å². The maximum Gasteiger partial charge on any atom is 0.0511 e. The van der Waals surface area contributed by atoms with E-state index in [1.54, 1.807) is 0 Å². The van der Waals surface area contributed by atoms with Crippen LogP contribution in [0, 0.1) is 0 Å². The summed E-state index contributed by atoms with van der Waals surface area (Å²) < 4.78 is 1.15. The van der Waals surface area contributed by atoms with Crippen LogP contribution in [-0.4, -0.2) is 38.1 Å². The van der Waals surface area contributed by atoms with E-state index >= 15 is 0 Å². The van der Waals surface area contributed by atoms with Crippen molar-refractivity contribution in [3.05, 3.63) is 28.2 Å². The van der Waals surface area contributed by atoms with Crippen molar-refractivity contribution in [3.8, 4) is 0 Å². The fraction of sp³-hybridized carbons (Fsp3) is 0.571. The van der Waals surface area contributed by atoms with Crippen LogP contribution in [-0.2, 0) is 0 Å². The molecule has 1 aliphatic heterocycles. The number of nitrogens with two attached hydrogens (primary N) is 1. The van der Waals surface area contributed by atoms with Crippen LogP contribution < -0.4 is 10.6 Å². The van der Waals surface area contributed by atoms with Gasteiger partial charge in [0.25, 0.3) is 0 Å². The van der Waals surface area contributed by atoms with Crippen LogP contribution in [0.4, 0.5) is 5.69 Å². The lowest BCUT2D eigenvalue weighted by Gasteiger charge is -2.24. The number of likely N-dealkylation sites (N-methyl/N-ethyl adjacent to an activating group) is 1. The second-order valence-corrected chi connectivity index (χ2v) is 6.00. The van der Waals surface area contributed by atoms with Gasteiger partial charge in [-0.15, -0.1) is 0 Å². The van der Waals surface area contributed by atoms with Crippen LogP contribution in [0.15, 0.2) is 22.7 Å². The maximum atomic E-state index is 5.91. The maximum absolute atomic E-state index is 5.91. The molecule has 2 N–H and O–H groups in total. The third-order valence-corrected chi connectivity index (χ3v) is 4.19. The molecular weight excluding hydrogens is 290 g/mol. The first-order valence-electron chi connectivity index (χ1n) is 6.56. The van der Waals surface area contributed by atoms with E-state index in [1.807, 2.05) is 6.92 Å². The summed E-state index contributed by atoms with van der Waals surface area (Å²) in [4.78, 5) is 4.85. The fourth-order valence-electron chi connectivity index (χ4n) is 2.35. The molecule has 1 fully saturated rings. The Bertz CT molecular complexity index is 406. The van der Waals surface area contributed by atoms with Gasteiger partial charge in [-0.25, -0.2) is 0 Å². The van der Waals surface area contributed by atoms with Crippen LogP contribution in [0.25, 0.3) is 0 Å². The van der Waals surface area contributed by atoms with Crippen molar-refractivity contribution in [1.82, 2.24) is 4.90 Å². The molecule has 1 aromatic carbocycles. The Kier molecular flexibility index (Phi) is 4.65. The average molecular weight is 312 g/mol. The van der Waals surface area contributed by atoms with Crippen LogP contribution in [0.5, 0.6) is 0 Å². The lowest BCUT2D eigenvalue weighted by atomic mass is 10.1. The molecule has 1 heterocycles. The van der Waals surface area contributed by atoms with Gasteiger partial charge in [0, 0.05) is 30.1 Å². The molecule has 2 rings (SSSR count). The Balaban J connectivity index is 2.17. The van der Waals surface area contributed by atoms with Crippen molar-refractivity contribution in [1.29, 1.82) is 0 Å². The molecule has 1 aliphatic rings. The van der Waals surface area contributed by atoms with Gasteiger partial charge in [0.1, 0.15) is 0 Å². The Hall–Kier alpha value is -0.580. The van der Waals surface area contributed by atoms with Crippen molar-refractivity contribution in [3.63, 3.8) is 0 Å². The van der Waals surface area contributed by atoms with E-state index in [9.17, 15) is 0 Å². The molecule has 0 saturated carbocycles. The zero-order valence-corrected chi connectivity index (χ0v) is 12.8. The highest BCUT2D eigenvalue weighted by Gasteiger charge is 2.15. The van der Waals surface area contributed by atoms with Gasteiger partial charge < -0.3 is 15.5 Å². The second kappa shape index (κ2) is 6.04. The fourth-order valence-corrected chi connectivity index (χ4v) is 3.00. The average Bonchev–Trinajstić information content (AvgIpc) is 2.54. The van der Waals surface area contributed by atoms with Gasteiger partial charge in [-0.05, 0) is 60.6 Å². The highest BCUT2D eigenvalue weighted by atomic mass is 79.9. The summed E-state index contributed by atoms with van der Waals surface area (Å²) >= 11 is 3.68.